The zero-order valence-electron chi connectivity index (χ0n) is 24.5. The summed E-state index contributed by atoms with van der Waals surface area (Å²) >= 11 is 0. The van der Waals surface area contributed by atoms with E-state index in [0.717, 1.165) is 36.3 Å². The molecule has 1 saturated heterocycles. The van der Waals surface area contributed by atoms with E-state index in [9.17, 15) is 13.2 Å². The van der Waals surface area contributed by atoms with Crippen molar-refractivity contribution in [2.24, 2.45) is 0 Å². The number of nitrogens with one attached hydrogen (secondary N) is 1. The molecule has 0 spiro atoms. The summed E-state index contributed by atoms with van der Waals surface area (Å²) in [4.78, 5) is 16.1. The molecule has 1 fully saturated rings. The predicted octanol–water partition coefficient (Wildman–Crippen LogP) is 5.55. The predicted molar refractivity (Wildman–Crippen MR) is 163 cm³/mol. The minimum Gasteiger partial charge on any atom is -0.476 e. The van der Waals surface area contributed by atoms with Gasteiger partial charge in [-0.15, -0.1) is 0 Å². The van der Waals surface area contributed by atoms with Gasteiger partial charge in [0.05, 0.1) is 17.1 Å². The second-order valence-corrected chi connectivity index (χ2v) is 14.1. The van der Waals surface area contributed by atoms with Crippen LogP contribution in [-0.4, -0.2) is 45.0 Å². The van der Waals surface area contributed by atoms with Crippen LogP contribution in [-0.2, 0) is 33.3 Å². The molecule has 0 radical (unpaired) electrons. The fourth-order valence-electron chi connectivity index (χ4n) is 5.44. The van der Waals surface area contributed by atoms with Crippen molar-refractivity contribution in [1.29, 1.82) is 0 Å². The first-order valence-corrected chi connectivity index (χ1v) is 15.9. The molecule has 5 rings (SSSR count). The lowest BCUT2D eigenvalue weighted by Crippen LogP contribution is -2.50. The molecule has 1 atom stereocenters. The fraction of sp³-hybridized carbons (Fsp3) is 0.424. The third-order valence-corrected chi connectivity index (χ3v) is 9.70. The van der Waals surface area contributed by atoms with Gasteiger partial charge in [0.1, 0.15) is 5.75 Å². The van der Waals surface area contributed by atoms with Crippen LogP contribution in [0.15, 0.2) is 71.6 Å². The van der Waals surface area contributed by atoms with Crippen molar-refractivity contribution >= 4 is 21.6 Å². The quantitative estimate of drug-likeness (QED) is 0.400. The third kappa shape index (κ3) is 6.76. The number of piperidine rings is 1. The molecule has 1 N–H and O–H groups in total. The number of anilines is 1. The molecule has 218 valence electrons. The smallest absolute Gasteiger partial charge is 0.264 e. The standard InChI is InChI=1S/C33H41N3O4S/c1-24-11-14-28(15-12-24)41(38,39)36-23-31(40-30-16-13-27(20-29(30)36)33(2,3)4)32(37)34-21-25-9-8-10-26(19-25)22-35-17-6-5-7-18-35/h8-16,19-20,31H,5-7,17-18,21-23H2,1-4H3,(H,34,37)/t31-/m0/s1. The molecule has 41 heavy (non-hydrogen) atoms. The number of carbonyl (C=O) groups excluding carboxylic acids is 1. The van der Waals surface area contributed by atoms with Crippen LogP contribution >= 0.6 is 0 Å². The average molecular weight is 576 g/mol. The van der Waals surface area contributed by atoms with Crippen molar-refractivity contribution in [3.63, 3.8) is 0 Å². The summed E-state index contributed by atoms with van der Waals surface area (Å²) in [5.41, 5.74) is 4.45. The van der Waals surface area contributed by atoms with E-state index < -0.39 is 16.1 Å². The molecule has 0 aromatic heterocycles. The molecule has 0 unspecified atom stereocenters. The number of rotatable bonds is 7. The summed E-state index contributed by atoms with van der Waals surface area (Å²) in [6, 6.07) is 20.6. The van der Waals surface area contributed by atoms with Gasteiger partial charge in [-0.3, -0.25) is 14.0 Å². The Labute approximate surface area is 244 Å². The lowest BCUT2D eigenvalue weighted by Gasteiger charge is -2.36. The largest absolute Gasteiger partial charge is 0.476 e. The third-order valence-electron chi connectivity index (χ3n) is 7.91. The number of amides is 1. The van der Waals surface area contributed by atoms with E-state index in [4.69, 9.17) is 4.74 Å². The number of nitrogens with zero attached hydrogens (tertiary/aromatic N) is 2. The van der Waals surface area contributed by atoms with Crippen LogP contribution in [0.3, 0.4) is 0 Å². The Hall–Kier alpha value is -3.36. The van der Waals surface area contributed by atoms with E-state index in [1.807, 2.05) is 31.2 Å². The Morgan fingerprint density at radius 3 is 2.37 bits per heavy atom. The molecule has 0 bridgehead atoms. The molecule has 2 aliphatic rings. The minimum absolute atomic E-state index is 0.113. The van der Waals surface area contributed by atoms with Crippen LogP contribution in [0.2, 0.25) is 0 Å². The van der Waals surface area contributed by atoms with Gasteiger partial charge in [-0.05, 0) is 79.2 Å². The van der Waals surface area contributed by atoms with Crippen molar-refractivity contribution in [3.05, 3.63) is 89.0 Å². The van der Waals surface area contributed by atoms with Crippen molar-refractivity contribution < 1.29 is 17.9 Å². The van der Waals surface area contributed by atoms with Gasteiger partial charge in [0.25, 0.3) is 15.9 Å². The van der Waals surface area contributed by atoms with Gasteiger partial charge in [-0.2, -0.15) is 0 Å². The summed E-state index contributed by atoms with van der Waals surface area (Å²) in [6.45, 7) is 11.5. The highest BCUT2D eigenvalue weighted by Crippen LogP contribution is 2.40. The number of likely N-dealkylation sites (tertiary alicyclic amines) is 1. The first-order chi connectivity index (χ1) is 19.5. The van der Waals surface area contributed by atoms with Crippen LogP contribution in [0.1, 0.15) is 62.3 Å². The number of hydrogen-bond acceptors (Lipinski definition) is 5. The molecule has 8 heteroatoms. The van der Waals surface area contributed by atoms with E-state index in [1.165, 1.54) is 29.1 Å². The van der Waals surface area contributed by atoms with Gasteiger partial charge in [-0.1, -0.05) is 75.2 Å². The van der Waals surface area contributed by atoms with Gasteiger partial charge in [-0.25, -0.2) is 8.42 Å². The molecule has 0 aliphatic carbocycles. The van der Waals surface area contributed by atoms with Crippen LogP contribution in [0, 0.1) is 6.92 Å². The van der Waals surface area contributed by atoms with Crippen LogP contribution in [0.25, 0.3) is 0 Å². The molecule has 0 saturated carbocycles. The lowest BCUT2D eigenvalue weighted by atomic mass is 9.86. The zero-order valence-corrected chi connectivity index (χ0v) is 25.3. The Balaban J connectivity index is 1.36. The molecule has 1 amide bonds. The monoisotopic (exact) mass is 575 g/mol. The Morgan fingerprint density at radius 2 is 1.66 bits per heavy atom. The van der Waals surface area contributed by atoms with Gasteiger partial charge >= 0.3 is 0 Å². The van der Waals surface area contributed by atoms with Gasteiger partial charge in [0.2, 0.25) is 0 Å². The first kappa shape index (κ1) is 29.1. The summed E-state index contributed by atoms with van der Waals surface area (Å²) < 4.78 is 35.3. The van der Waals surface area contributed by atoms with E-state index in [0.29, 0.717) is 18.0 Å². The maximum Gasteiger partial charge on any atom is 0.264 e. The molecular formula is C33H41N3O4S. The highest BCUT2D eigenvalue weighted by molar-refractivity contribution is 7.92. The Bertz CT molecular complexity index is 1490. The molecular weight excluding hydrogens is 534 g/mol. The van der Waals surface area contributed by atoms with E-state index in [2.05, 4.69) is 43.1 Å². The van der Waals surface area contributed by atoms with Gasteiger partial charge in [0, 0.05) is 13.1 Å². The summed E-state index contributed by atoms with van der Waals surface area (Å²) in [7, 11) is -3.94. The second kappa shape index (κ2) is 11.9. The maximum atomic E-state index is 13.9. The molecule has 3 aromatic carbocycles. The van der Waals surface area contributed by atoms with E-state index >= 15 is 0 Å². The summed E-state index contributed by atoms with van der Waals surface area (Å²) in [5, 5.41) is 2.99. The van der Waals surface area contributed by atoms with Gasteiger partial charge in [0.15, 0.2) is 6.10 Å². The van der Waals surface area contributed by atoms with Crippen molar-refractivity contribution in [3.8, 4) is 5.75 Å². The van der Waals surface area contributed by atoms with Crippen LogP contribution in [0.5, 0.6) is 5.75 Å². The van der Waals surface area contributed by atoms with Gasteiger partial charge < -0.3 is 10.1 Å². The van der Waals surface area contributed by atoms with E-state index in [1.54, 1.807) is 30.3 Å². The zero-order chi connectivity index (χ0) is 29.2. The fourth-order valence-corrected chi connectivity index (χ4v) is 6.90. The second-order valence-electron chi connectivity index (χ2n) is 12.3. The average Bonchev–Trinajstić information content (AvgIpc) is 2.95. The molecule has 2 aliphatic heterocycles. The highest BCUT2D eigenvalue weighted by Gasteiger charge is 2.38. The molecule has 3 aromatic rings. The number of sulfonamides is 1. The number of ether oxygens (including phenoxy) is 1. The van der Waals surface area contributed by atoms with Crippen LogP contribution in [0.4, 0.5) is 5.69 Å². The lowest BCUT2D eigenvalue weighted by molar-refractivity contribution is -0.127. The Morgan fingerprint density at radius 1 is 0.951 bits per heavy atom. The number of aryl methyl sites for hydroxylation is 1. The van der Waals surface area contributed by atoms with Crippen LogP contribution < -0.4 is 14.4 Å². The summed E-state index contributed by atoms with van der Waals surface area (Å²) in [6.07, 6.45) is 2.81. The highest BCUT2D eigenvalue weighted by atomic mass is 32.2. The minimum atomic E-state index is -3.94. The normalized spacial score (nSPS) is 18.0. The number of hydrogen-bond donors (Lipinski definition) is 1. The molecule has 2 heterocycles. The first-order valence-electron chi connectivity index (χ1n) is 14.5. The number of carbonyl (C=O) groups is 1. The summed E-state index contributed by atoms with van der Waals surface area (Å²) in [5.74, 6) is 0.0321. The van der Waals surface area contributed by atoms with Crippen molar-refractivity contribution in [2.75, 3.05) is 23.9 Å². The van der Waals surface area contributed by atoms with E-state index in [-0.39, 0.29) is 22.8 Å². The van der Waals surface area contributed by atoms with Crippen molar-refractivity contribution in [1.82, 2.24) is 10.2 Å². The number of benzene rings is 3. The topological polar surface area (TPSA) is 79.0 Å². The maximum absolute atomic E-state index is 13.9. The SMILES string of the molecule is Cc1ccc(S(=O)(=O)N2C[C@@H](C(=O)NCc3cccc(CN4CCCCC4)c3)Oc3ccc(C(C)(C)C)cc32)cc1. The number of fused-ring (bicyclic) bond motifs is 1. The molecule has 7 nitrogen and oxygen atoms in total. The Kier molecular flexibility index (Phi) is 8.43. The van der Waals surface area contributed by atoms with Crippen molar-refractivity contribution in [2.45, 2.75) is 76.5 Å².